The normalized spacial score (nSPS) is 11.1. The van der Waals surface area contributed by atoms with Gasteiger partial charge in [-0.2, -0.15) is 5.20 Å². The largest absolute Gasteiger partial charge is 0.332 e. The quantitative estimate of drug-likeness (QED) is 0.419. The molecule has 0 atom stereocenters. The number of benzene rings is 1. The van der Waals surface area contributed by atoms with Crippen LogP contribution >= 0.6 is 34.8 Å². The van der Waals surface area contributed by atoms with Gasteiger partial charge in [-0.1, -0.05) is 15.9 Å². The molecule has 0 amide bonds. The molecule has 0 fully saturated rings. The van der Waals surface area contributed by atoms with Crippen molar-refractivity contribution in [2.24, 2.45) is 0 Å². The Kier molecular flexibility index (Phi) is 6.65. The van der Waals surface area contributed by atoms with Crippen molar-refractivity contribution < 1.29 is 9.05 Å². The Morgan fingerprint density at radius 2 is 1.78 bits per heavy atom. The van der Waals surface area contributed by atoms with Gasteiger partial charge in [-0.3, -0.25) is 5.43 Å². The Hall–Kier alpha value is -0.0800. The van der Waals surface area contributed by atoms with Crippen LogP contribution in [-0.2, 0) is 20.9 Å². The van der Waals surface area contributed by atoms with Gasteiger partial charge in [0, 0.05) is 24.4 Å². The fourth-order valence-electron chi connectivity index (χ4n) is 0.981. The van der Waals surface area contributed by atoms with Crippen molar-refractivity contribution >= 4 is 57.4 Å². The van der Waals surface area contributed by atoms with E-state index in [-0.39, 0.29) is 0 Å². The van der Waals surface area contributed by atoms with E-state index in [4.69, 9.17) is 33.1 Å². The van der Waals surface area contributed by atoms with Crippen molar-refractivity contribution in [3.8, 4) is 0 Å². The monoisotopic (exact) mass is 369 g/mol. The van der Waals surface area contributed by atoms with Crippen LogP contribution in [0.3, 0.4) is 0 Å². The van der Waals surface area contributed by atoms with Gasteiger partial charge in [0.15, 0.2) is 5.11 Å². The van der Waals surface area contributed by atoms with Crippen molar-refractivity contribution in [3.63, 3.8) is 0 Å². The lowest BCUT2D eigenvalue weighted by molar-refractivity contribution is 0.324. The molecule has 1 aromatic carbocycles. The van der Waals surface area contributed by atoms with Gasteiger partial charge in [-0.25, -0.2) is 0 Å². The molecule has 1 aromatic rings. The van der Waals surface area contributed by atoms with Gasteiger partial charge in [0.05, 0.1) is 0 Å². The predicted molar refractivity (Wildman–Crippen MR) is 84.9 cm³/mol. The Morgan fingerprint density at radius 3 is 2.28 bits per heavy atom. The van der Waals surface area contributed by atoms with Gasteiger partial charge >= 0.3 is 0 Å². The molecule has 5 nitrogen and oxygen atoms in total. The first kappa shape index (κ1) is 16.0. The lowest BCUT2D eigenvalue weighted by Crippen LogP contribution is -2.38. The highest BCUT2D eigenvalue weighted by Crippen LogP contribution is 2.40. The van der Waals surface area contributed by atoms with Crippen LogP contribution in [0.4, 0.5) is 5.69 Å². The van der Waals surface area contributed by atoms with Gasteiger partial charge in [0.1, 0.15) is 0 Å². The molecule has 0 radical (unpaired) electrons. The topological polar surface area (TPSA) is 54.5 Å². The number of nitrogens with one attached hydrogen (secondary N) is 3. The molecule has 0 aliphatic carbocycles. The molecule has 0 aliphatic rings. The summed E-state index contributed by atoms with van der Waals surface area (Å²) < 4.78 is 11.1. The average Bonchev–Trinajstić information content (AvgIpc) is 2.39. The minimum atomic E-state index is -2.51. The van der Waals surface area contributed by atoms with E-state index in [1.165, 1.54) is 14.2 Å². The molecule has 0 bridgehead atoms. The first-order chi connectivity index (χ1) is 8.49. The average molecular weight is 370 g/mol. The first-order valence-electron chi connectivity index (χ1n) is 4.80. The summed E-state index contributed by atoms with van der Waals surface area (Å²) in [5, 5.41) is 6.11. The first-order valence-corrected chi connectivity index (χ1v) is 8.64. The highest BCUT2D eigenvalue weighted by Gasteiger charge is 2.14. The number of hydrogen-bond acceptors (Lipinski definition) is 4. The molecule has 0 heterocycles. The van der Waals surface area contributed by atoms with E-state index < -0.39 is 6.64 Å². The van der Waals surface area contributed by atoms with Crippen LogP contribution in [0, 0.1) is 0 Å². The van der Waals surface area contributed by atoms with E-state index in [1.54, 1.807) is 0 Å². The second-order valence-electron chi connectivity index (χ2n) is 3.06. The van der Waals surface area contributed by atoms with Crippen molar-refractivity contribution in [2.45, 2.75) is 0 Å². The predicted octanol–water partition coefficient (Wildman–Crippen LogP) is 2.76. The Bertz CT molecular complexity index is 450. The van der Waals surface area contributed by atoms with E-state index in [9.17, 15) is 0 Å². The lowest BCUT2D eigenvalue weighted by atomic mass is 10.3. The fourth-order valence-corrected chi connectivity index (χ4v) is 2.21. The number of hydrazine groups is 1. The molecular formula is C9H13BrN3O2PS2. The van der Waals surface area contributed by atoms with Crippen molar-refractivity contribution in [1.82, 2.24) is 10.6 Å². The molecule has 3 N–H and O–H groups in total. The summed E-state index contributed by atoms with van der Waals surface area (Å²) in [4.78, 5) is 0. The van der Waals surface area contributed by atoms with Crippen LogP contribution in [0.25, 0.3) is 0 Å². The van der Waals surface area contributed by atoms with Gasteiger partial charge in [0.2, 0.25) is 0 Å². The minimum absolute atomic E-state index is 0.376. The molecule has 0 unspecified atom stereocenters. The fraction of sp³-hybridized carbons (Fsp3) is 0.222. The summed E-state index contributed by atoms with van der Waals surface area (Å²) >= 11 is 13.6. The Morgan fingerprint density at radius 1 is 1.22 bits per heavy atom. The van der Waals surface area contributed by atoms with Gasteiger partial charge in [-0.15, -0.1) is 0 Å². The van der Waals surface area contributed by atoms with Crippen LogP contribution in [0.5, 0.6) is 0 Å². The van der Waals surface area contributed by atoms with Crippen molar-refractivity contribution in [2.75, 3.05) is 19.5 Å². The maximum atomic E-state index is 5.10. The summed E-state index contributed by atoms with van der Waals surface area (Å²) in [7, 11) is 2.95. The van der Waals surface area contributed by atoms with Crippen LogP contribution in [0.2, 0.25) is 0 Å². The number of rotatable bonds is 5. The molecule has 0 aromatic heterocycles. The summed E-state index contributed by atoms with van der Waals surface area (Å²) in [5.41, 5.74) is 3.60. The van der Waals surface area contributed by atoms with Gasteiger partial charge in [-0.05, 0) is 48.3 Å². The lowest BCUT2D eigenvalue weighted by Gasteiger charge is -2.20. The third-order valence-electron chi connectivity index (χ3n) is 1.89. The van der Waals surface area contributed by atoms with E-state index in [0.717, 1.165) is 10.2 Å². The van der Waals surface area contributed by atoms with E-state index in [0.29, 0.717) is 5.11 Å². The van der Waals surface area contributed by atoms with Crippen molar-refractivity contribution in [1.29, 1.82) is 0 Å². The Labute approximate surface area is 125 Å². The molecule has 0 aliphatic heterocycles. The maximum absolute atomic E-state index is 5.10. The molecule has 1 rings (SSSR count). The molecule has 0 spiro atoms. The molecule has 0 saturated carbocycles. The highest BCUT2D eigenvalue weighted by molar-refractivity contribution is 9.10. The second kappa shape index (κ2) is 7.49. The van der Waals surface area contributed by atoms with Crippen molar-refractivity contribution in [3.05, 3.63) is 28.7 Å². The second-order valence-corrected chi connectivity index (χ2v) is 7.78. The summed E-state index contributed by atoms with van der Waals surface area (Å²) in [6.45, 7) is -2.51. The molecule has 9 heteroatoms. The van der Waals surface area contributed by atoms with Crippen LogP contribution in [0.15, 0.2) is 28.7 Å². The van der Waals surface area contributed by atoms with E-state index >= 15 is 0 Å². The van der Waals surface area contributed by atoms with Gasteiger partial charge < -0.3 is 14.4 Å². The standard InChI is InChI=1S/C9H13BrN3O2PS2/c1-14-16(18,15-2)13-12-9(17)11-8-5-3-7(10)4-6-8/h3-6H,1-2H3,(H,13,18)(H2,11,12,17). The van der Waals surface area contributed by atoms with Gasteiger partial charge in [0.25, 0.3) is 6.64 Å². The SMILES string of the molecule is COP(=S)(NNC(=S)Nc1ccc(Br)cc1)OC. The zero-order valence-electron chi connectivity index (χ0n) is 9.77. The summed E-state index contributed by atoms with van der Waals surface area (Å²) in [6, 6.07) is 7.60. The minimum Gasteiger partial charge on any atom is -0.332 e. The smallest absolute Gasteiger partial charge is 0.278 e. The third kappa shape index (κ3) is 5.27. The number of thiocarbonyl (C=S) groups is 1. The number of hydrogen-bond donors (Lipinski definition) is 3. The molecule has 0 saturated heterocycles. The number of anilines is 1. The van der Waals surface area contributed by atoms with Crippen LogP contribution in [-0.4, -0.2) is 19.3 Å². The van der Waals surface area contributed by atoms with Crippen LogP contribution < -0.4 is 15.9 Å². The maximum Gasteiger partial charge on any atom is 0.278 e. The van der Waals surface area contributed by atoms with E-state index in [2.05, 4.69) is 31.9 Å². The summed E-state index contributed by atoms with van der Waals surface area (Å²) in [5.74, 6) is 0. The zero-order valence-corrected chi connectivity index (χ0v) is 13.9. The zero-order chi connectivity index (χ0) is 13.6. The molecule has 100 valence electrons. The third-order valence-corrected chi connectivity index (χ3v) is 5.14. The summed E-state index contributed by atoms with van der Waals surface area (Å²) in [6.07, 6.45) is 0. The van der Waals surface area contributed by atoms with E-state index in [1.807, 2.05) is 24.3 Å². The van der Waals surface area contributed by atoms with Crippen LogP contribution in [0.1, 0.15) is 0 Å². The molecule has 18 heavy (non-hydrogen) atoms. The number of halogens is 1. The molecular weight excluding hydrogens is 357 g/mol. The Balaban J connectivity index is 2.47. The highest BCUT2D eigenvalue weighted by atomic mass is 79.9.